The van der Waals surface area contributed by atoms with Crippen molar-refractivity contribution in [1.82, 2.24) is 15.1 Å². The Kier molecular flexibility index (Phi) is 4.07. The van der Waals surface area contributed by atoms with E-state index < -0.39 is 0 Å². The second kappa shape index (κ2) is 6.13. The molecule has 2 aliphatic carbocycles. The van der Waals surface area contributed by atoms with E-state index in [1.54, 1.807) is 0 Å². The largest absolute Gasteiger partial charge is 0.378 e. The number of aromatic amines is 1. The number of fused-ring (bicyclic) bond motifs is 1. The van der Waals surface area contributed by atoms with Crippen molar-refractivity contribution in [2.75, 3.05) is 13.7 Å². The molecule has 1 N–H and O–H groups in total. The van der Waals surface area contributed by atoms with Crippen molar-refractivity contribution < 1.29 is 9.53 Å². The summed E-state index contributed by atoms with van der Waals surface area (Å²) in [5, 5.41) is 8.23. The average Bonchev–Trinajstić information content (AvgIpc) is 3.25. The van der Waals surface area contributed by atoms with Crippen molar-refractivity contribution >= 4 is 16.8 Å². The summed E-state index contributed by atoms with van der Waals surface area (Å²) in [5.74, 6) is 0.0167. The van der Waals surface area contributed by atoms with Gasteiger partial charge >= 0.3 is 0 Å². The lowest BCUT2D eigenvalue weighted by atomic mass is 9.60. The van der Waals surface area contributed by atoms with Crippen LogP contribution in [0.15, 0.2) is 18.2 Å². The molecule has 1 aromatic heterocycles. The molecule has 2 aliphatic rings. The van der Waals surface area contributed by atoms with E-state index >= 15 is 0 Å². The molecule has 25 heavy (non-hydrogen) atoms. The number of H-pyrrole nitrogens is 1. The van der Waals surface area contributed by atoms with Gasteiger partial charge < -0.3 is 9.64 Å². The molecule has 0 bridgehead atoms. The van der Waals surface area contributed by atoms with E-state index in [0.717, 1.165) is 29.5 Å². The highest BCUT2D eigenvalue weighted by Gasteiger charge is 2.59. The number of aryl methyl sites for hydroxylation is 1. The number of rotatable bonds is 4. The van der Waals surface area contributed by atoms with E-state index in [-0.39, 0.29) is 17.4 Å². The minimum atomic E-state index is 0.0167. The Hall–Kier alpha value is -1.88. The summed E-state index contributed by atoms with van der Waals surface area (Å²) in [5.41, 5.74) is 2.74. The fraction of sp³-hybridized carbons (Fsp3) is 0.600. The van der Waals surface area contributed by atoms with Gasteiger partial charge in [-0.2, -0.15) is 5.10 Å². The van der Waals surface area contributed by atoms with Gasteiger partial charge in [0.05, 0.1) is 11.6 Å². The van der Waals surface area contributed by atoms with Crippen LogP contribution in [0.3, 0.4) is 0 Å². The first-order valence-electron chi connectivity index (χ1n) is 9.40. The maximum atomic E-state index is 13.2. The molecule has 134 valence electrons. The fourth-order valence-corrected chi connectivity index (χ4v) is 4.99. The molecular weight excluding hydrogens is 314 g/mol. The molecule has 1 aromatic carbocycles. The summed E-state index contributed by atoms with van der Waals surface area (Å²) in [6.45, 7) is 4.85. The smallest absolute Gasteiger partial charge is 0.275 e. The molecule has 2 aromatic rings. The van der Waals surface area contributed by atoms with Gasteiger partial charge in [0.15, 0.2) is 5.69 Å². The molecule has 5 heteroatoms. The van der Waals surface area contributed by atoms with Gasteiger partial charge in [0.25, 0.3) is 5.91 Å². The first-order chi connectivity index (χ1) is 12.1. The zero-order valence-corrected chi connectivity index (χ0v) is 15.3. The number of carbonyl (C=O) groups is 1. The molecule has 0 saturated heterocycles. The number of nitrogens with zero attached hydrogens (tertiary/aromatic N) is 2. The standard InChI is InChI=1S/C20H27N3O2/c1-4-25-17-12-16(20(17)9-5-6-10-20)23(3)19(24)18-14-11-13(2)7-8-15(14)21-22-18/h7-8,11,16-17H,4-6,9-10,12H2,1-3H3,(H,21,22)/t16-,17+/m1/s1. The van der Waals surface area contributed by atoms with Crippen LogP contribution in [0.4, 0.5) is 0 Å². The van der Waals surface area contributed by atoms with Gasteiger partial charge in [0, 0.05) is 30.5 Å². The lowest BCUT2D eigenvalue weighted by Gasteiger charge is -2.56. The fourth-order valence-electron chi connectivity index (χ4n) is 4.99. The van der Waals surface area contributed by atoms with E-state index in [2.05, 4.69) is 17.1 Å². The molecule has 5 nitrogen and oxygen atoms in total. The zero-order valence-electron chi connectivity index (χ0n) is 15.3. The number of carbonyl (C=O) groups excluding carboxylic acids is 1. The molecule has 0 aliphatic heterocycles. The van der Waals surface area contributed by atoms with Crippen LogP contribution < -0.4 is 0 Å². The van der Waals surface area contributed by atoms with Crippen LogP contribution in [0.1, 0.15) is 55.1 Å². The monoisotopic (exact) mass is 341 g/mol. The van der Waals surface area contributed by atoms with Crippen LogP contribution in [0.5, 0.6) is 0 Å². The molecule has 1 heterocycles. The highest BCUT2D eigenvalue weighted by Crippen LogP contribution is 2.56. The minimum absolute atomic E-state index is 0.0167. The summed E-state index contributed by atoms with van der Waals surface area (Å²) in [6.07, 6.45) is 6.07. The molecule has 4 rings (SSSR count). The number of aromatic nitrogens is 2. The maximum Gasteiger partial charge on any atom is 0.275 e. The van der Waals surface area contributed by atoms with E-state index in [0.29, 0.717) is 11.8 Å². The van der Waals surface area contributed by atoms with Crippen LogP contribution in [-0.2, 0) is 4.74 Å². The van der Waals surface area contributed by atoms with Crippen LogP contribution >= 0.6 is 0 Å². The number of hydrogen-bond donors (Lipinski definition) is 1. The Balaban J connectivity index is 1.61. The third-order valence-electron chi connectivity index (χ3n) is 6.35. The quantitative estimate of drug-likeness (QED) is 0.923. The van der Waals surface area contributed by atoms with Crippen molar-refractivity contribution in [3.63, 3.8) is 0 Å². The second-order valence-electron chi connectivity index (χ2n) is 7.67. The zero-order chi connectivity index (χ0) is 17.6. The van der Waals surface area contributed by atoms with Crippen molar-refractivity contribution in [1.29, 1.82) is 0 Å². The highest BCUT2D eigenvalue weighted by atomic mass is 16.5. The van der Waals surface area contributed by atoms with E-state index in [1.807, 2.05) is 37.1 Å². The molecule has 2 saturated carbocycles. The third kappa shape index (κ3) is 2.48. The first-order valence-corrected chi connectivity index (χ1v) is 9.40. The van der Waals surface area contributed by atoms with Crippen molar-refractivity contribution in [2.24, 2.45) is 5.41 Å². The first kappa shape index (κ1) is 16.6. The van der Waals surface area contributed by atoms with E-state index in [1.165, 1.54) is 25.7 Å². The van der Waals surface area contributed by atoms with Crippen LogP contribution in [0, 0.1) is 12.3 Å². The average molecular weight is 341 g/mol. The number of ether oxygens (including phenoxy) is 1. The predicted molar refractivity (Wildman–Crippen MR) is 97.6 cm³/mol. The topological polar surface area (TPSA) is 58.2 Å². The van der Waals surface area contributed by atoms with Gasteiger partial charge in [0.1, 0.15) is 0 Å². The van der Waals surface area contributed by atoms with Crippen molar-refractivity contribution in [2.45, 2.75) is 58.1 Å². The van der Waals surface area contributed by atoms with Crippen LogP contribution in [0.2, 0.25) is 0 Å². The molecule has 0 radical (unpaired) electrons. The molecule has 2 atom stereocenters. The Bertz CT molecular complexity index is 791. The molecular formula is C20H27N3O2. The van der Waals surface area contributed by atoms with Crippen molar-refractivity contribution in [3.05, 3.63) is 29.5 Å². The summed E-state index contributed by atoms with van der Waals surface area (Å²) >= 11 is 0. The summed E-state index contributed by atoms with van der Waals surface area (Å²) in [7, 11) is 1.94. The van der Waals surface area contributed by atoms with Gasteiger partial charge in [-0.25, -0.2) is 0 Å². The normalized spacial score (nSPS) is 24.6. The third-order valence-corrected chi connectivity index (χ3v) is 6.35. The molecule has 1 amide bonds. The lowest BCUT2D eigenvalue weighted by molar-refractivity contribution is -0.152. The maximum absolute atomic E-state index is 13.2. The van der Waals surface area contributed by atoms with Gasteiger partial charge in [-0.05, 0) is 45.2 Å². The van der Waals surface area contributed by atoms with Gasteiger partial charge in [0.2, 0.25) is 0 Å². The van der Waals surface area contributed by atoms with Crippen LogP contribution in [-0.4, -0.2) is 46.8 Å². The summed E-state index contributed by atoms with van der Waals surface area (Å²) in [6, 6.07) is 6.32. The van der Waals surface area contributed by atoms with Gasteiger partial charge in [-0.15, -0.1) is 0 Å². The van der Waals surface area contributed by atoms with Crippen LogP contribution in [0.25, 0.3) is 10.9 Å². The summed E-state index contributed by atoms with van der Waals surface area (Å²) in [4.78, 5) is 15.1. The lowest BCUT2D eigenvalue weighted by Crippen LogP contribution is -2.64. The molecule has 2 fully saturated rings. The number of amides is 1. The highest BCUT2D eigenvalue weighted by molar-refractivity contribution is 6.04. The SMILES string of the molecule is CCO[C@H]1C[C@@H](N(C)C(=O)c2n[nH]c3ccc(C)cc23)C12CCCC2. The Morgan fingerprint density at radius 1 is 1.40 bits per heavy atom. The number of benzene rings is 1. The van der Waals surface area contributed by atoms with Gasteiger partial charge in [-0.3, -0.25) is 9.89 Å². The Morgan fingerprint density at radius 2 is 2.16 bits per heavy atom. The molecule has 0 unspecified atom stereocenters. The Morgan fingerprint density at radius 3 is 2.88 bits per heavy atom. The Labute approximate surface area is 148 Å². The number of nitrogens with one attached hydrogen (secondary N) is 1. The van der Waals surface area contributed by atoms with E-state index in [9.17, 15) is 4.79 Å². The second-order valence-corrected chi connectivity index (χ2v) is 7.67. The van der Waals surface area contributed by atoms with Gasteiger partial charge in [-0.1, -0.05) is 24.5 Å². The minimum Gasteiger partial charge on any atom is -0.378 e. The van der Waals surface area contributed by atoms with E-state index in [4.69, 9.17) is 4.74 Å². The summed E-state index contributed by atoms with van der Waals surface area (Å²) < 4.78 is 5.99. The predicted octanol–water partition coefficient (Wildman–Crippen LogP) is 3.68. The molecule has 1 spiro atoms. The number of hydrogen-bond acceptors (Lipinski definition) is 3. The van der Waals surface area contributed by atoms with Crippen molar-refractivity contribution in [3.8, 4) is 0 Å².